The molecule has 142 valence electrons. The van der Waals surface area contributed by atoms with Crippen molar-refractivity contribution in [2.45, 2.75) is 18.8 Å². The molecule has 1 aromatic rings. The first-order valence-electron chi connectivity index (χ1n) is 9.46. The Bertz CT molecular complexity index is 624. The van der Waals surface area contributed by atoms with E-state index in [1.54, 1.807) is 12.1 Å². The van der Waals surface area contributed by atoms with Gasteiger partial charge in [0.15, 0.2) is 0 Å². The number of amides is 1. The van der Waals surface area contributed by atoms with Crippen LogP contribution in [0.4, 0.5) is 0 Å². The van der Waals surface area contributed by atoms with Crippen molar-refractivity contribution >= 4 is 11.9 Å². The number of likely N-dealkylation sites (N-methyl/N-ethyl adjacent to an activating group) is 1. The topological polar surface area (TPSA) is 53.1 Å². The predicted octanol–water partition coefficient (Wildman–Crippen LogP) is 1.43. The number of methoxy groups -OCH3 is 1. The number of nitrogens with zero attached hydrogens (tertiary/aromatic N) is 3. The minimum absolute atomic E-state index is 0.0945. The van der Waals surface area contributed by atoms with Gasteiger partial charge < -0.3 is 14.5 Å². The molecular weight excluding hydrogens is 330 g/mol. The van der Waals surface area contributed by atoms with E-state index in [4.69, 9.17) is 4.74 Å². The molecule has 0 aromatic heterocycles. The quantitative estimate of drug-likeness (QED) is 0.745. The minimum atomic E-state index is -0.347. The molecule has 6 heteroatoms. The SMILES string of the molecule is COC(=O)c1ccc(C2CCCN(CCN3CCN(C)CC3)C2=O)cc1. The zero-order valence-electron chi connectivity index (χ0n) is 15.8. The lowest BCUT2D eigenvalue weighted by Crippen LogP contribution is -2.49. The summed E-state index contributed by atoms with van der Waals surface area (Å²) < 4.78 is 4.73. The Morgan fingerprint density at radius 1 is 1.08 bits per heavy atom. The van der Waals surface area contributed by atoms with E-state index in [2.05, 4.69) is 16.8 Å². The number of piperazine rings is 1. The molecule has 0 bridgehead atoms. The van der Waals surface area contributed by atoms with Crippen molar-refractivity contribution in [3.8, 4) is 0 Å². The number of hydrogen-bond acceptors (Lipinski definition) is 5. The van der Waals surface area contributed by atoms with Gasteiger partial charge in [-0.3, -0.25) is 9.69 Å². The molecule has 0 radical (unpaired) electrons. The number of ether oxygens (including phenoxy) is 1. The molecule has 1 amide bonds. The first-order valence-corrected chi connectivity index (χ1v) is 9.46. The van der Waals surface area contributed by atoms with Crippen molar-refractivity contribution in [1.82, 2.24) is 14.7 Å². The van der Waals surface area contributed by atoms with Crippen LogP contribution in [0.25, 0.3) is 0 Å². The van der Waals surface area contributed by atoms with Gasteiger partial charge in [-0.1, -0.05) is 12.1 Å². The highest BCUT2D eigenvalue weighted by atomic mass is 16.5. The first-order chi connectivity index (χ1) is 12.6. The molecule has 1 atom stereocenters. The molecule has 0 spiro atoms. The maximum atomic E-state index is 12.9. The lowest BCUT2D eigenvalue weighted by molar-refractivity contribution is -0.135. The van der Waals surface area contributed by atoms with Gasteiger partial charge in [0.2, 0.25) is 5.91 Å². The minimum Gasteiger partial charge on any atom is -0.465 e. The standard InChI is InChI=1S/C20H29N3O3/c1-21-10-12-22(13-11-21)14-15-23-9-3-4-18(19(23)24)16-5-7-17(8-6-16)20(25)26-2/h5-8,18H,3-4,9-15H2,1-2H3. The van der Waals surface area contributed by atoms with Crippen LogP contribution >= 0.6 is 0 Å². The molecule has 2 aliphatic rings. The average Bonchev–Trinajstić information content (AvgIpc) is 2.68. The van der Waals surface area contributed by atoms with Crippen molar-refractivity contribution in [3.05, 3.63) is 35.4 Å². The summed E-state index contributed by atoms with van der Waals surface area (Å²) in [6, 6.07) is 7.27. The molecule has 2 saturated heterocycles. The molecule has 0 aliphatic carbocycles. The second kappa shape index (κ2) is 8.64. The van der Waals surface area contributed by atoms with E-state index in [0.717, 1.165) is 64.2 Å². The van der Waals surface area contributed by atoms with Crippen LogP contribution in [0.5, 0.6) is 0 Å². The second-order valence-electron chi connectivity index (χ2n) is 7.28. The fraction of sp³-hybridized carbons (Fsp3) is 0.600. The number of piperidine rings is 1. The summed E-state index contributed by atoms with van der Waals surface area (Å²) in [6.07, 6.45) is 1.90. The Labute approximate surface area is 155 Å². The maximum absolute atomic E-state index is 12.9. The summed E-state index contributed by atoms with van der Waals surface area (Å²) >= 11 is 0. The Morgan fingerprint density at radius 2 is 1.77 bits per heavy atom. The molecule has 1 unspecified atom stereocenters. The Morgan fingerprint density at radius 3 is 2.42 bits per heavy atom. The van der Waals surface area contributed by atoms with E-state index in [9.17, 15) is 9.59 Å². The molecule has 2 aliphatic heterocycles. The van der Waals surface area contributed by atoms with Crippen LogP contribution in [0.1, 0.15) is 34.7 Å². The molecule has 0 N–H and O–H groups in total. The van der Waals surface area contributed by atoms with E-state index in [1.807, 2.05) is 17.0 Å². The molecule has 1 aromatic carbocycles. The highest BCUT2D eigenvalue weighted by Crippen LogP contribution is 2.28. The van der Waals surface area contributed by atoms with Crippen molar-refractivity contribution in [2.75, 3.05) is 60.0 Å². The van der Waals surface area contributed by atoms with Crippen LogP contribution in [0.2, 0.25) is 0 Å². The third-order valence-electron chi connectivity index (χ3n) is 5.55. The zero-order valence-corrected chi connectivity index (χ0v) is 15.8. The molecule has 2 fully saturated rings. The summed E-state index contributed by atoms with van der Waals surface area (Å²) in [6.45, 7) is 6.97. The van der Waals surface area contributed by atoms with Crippen LogP contribution in [-0.4, -0.2) is 86.5 Å². The lowest BCUT2D eigenvalue weighted by Gasteiger charge is -2.36. The summed E-state index contributed by atoms with van der Waals surface area (Å²) in [4.78, 5) is 31.3. The molecular formula is C20H29N3O3. The summed E-state index contributed by atoms with van der Waals surface area (Å²) in [5.41, 5.74) is 1.51. The number of benzene rings is 1. The number of likely N-dealkylation sites (tertiary alicyclic amines) is 1. The Kier molecular flexibility index (Phi) is 6.27. The first kappa shape index (κ1) is 18.9. The largest absolute Gasteiger partial charge is 0.465 e. The smallest absolute Gasteiger partial charge is 0.337 e. The van der Waals surface area contributed by atoms with Crippen molar-refractivity contribution < 1.29 is 14.3 Å². The van der Waals surface area contributed by atoms with Crippen LogP contribution in [0, 0.1) is 0 Å². The fourth-order valence-corrected chi connectivity index (χ4v) is 3.77. The number of carbonyl (C=O) groups excluding carboxylic acids is 2. The lowest BCUT2D eigenvalue weighted by atomic mass is 9.89. The third-order valence-corrected chi connectivity index (χ3v) is 5.55. The van der Waals surface area contributed by atoms with Crippen LogP contribution in [0.3, 0.4) is 0 Å². The third kappa shape index (κ3) is 4.43. The summed E-state index contributed by atoms with van der Waals surface area (Å²) in [5.74, 6) is -0.223. The predicted molar refractivity (Wildman–Crippen MR) is 100 cm³/mol. The van der Waals surface area contributed by atoms with Gasteiger partial charge in [-0.05, 0) is 37.6 Å². The molecule has 26 heavy (non-hydrogen) atoms. The molecule has 3 rings (SSSR count). The number of carbonyl (C=O) groups is 2. The van der Waals surface area contributed by atoms with Gasteiger partial charge >= 0.3 is 5.97 Å². The van der Waals surface area contributed by atoms with Gasteiger partial charge in [-0.25, -0.2) is 4.79 Å². The van der Waals surface area contributed by atoms with Gasteiger partial charge in [0.25, 0.3) is 0 Å². The zero-order chi connectivity index (χ0) is 18.5. The van der Waals surface area contributed by atoms with Crippen LogP contribution < -0.4 is 0 Å². The van der Waals surface area contributed by atoms with Crippen LogP contribution in [-0.2, 0) is 9.53 Å². The van der Waals surface area contributed by atoms with Gasteiger partial charge in [0, 0.05) is 45.8 Å². The van der Waals surface area contributed by atoms with Gasteiger partial charge in [-0.15, -0.1) is 0 Å². The van der Waals surface area contributed by atoms with Crippen molar-refractivity contribution in [1.29, 1.82) is 0 Å². The Hall–Kier alpha value is -1.92. The maximum Gasteiger partial charge on any atom is 0.337 e. The highest BCUT2D eigenvalue weighted by Gasteiger charge is 2.30. The monoisotopic (exact) mass is 359 g/mol. The fourth-order valence-electron chi connectivity index (χ4n) is 3.77. The average molecular weight is 359 g/mol. The number of hydrogen-bond donors (Lipinski definition) is 0. The van der Waals surface area contributed by atoms with Crippen molar-refractivity contribution in [3.63, 3.8) is 0 Å². The molecule has 2 heterocycles. The Balaban J connectivity index is 1.57. The summed E-state index contributed by atoms with van der Waals surface area (Å²) in [7, 11) is 3.53. The molecule has 0 saturated carbocycles. The highest BCUT2D eigenvalue weighted by molar-refractivity contribution is 5.90. The number of rotatable bonds is 5. The van der Waals surface area contributed by atoms with Gasteiger partial charge in [0.1, 0.15) is 0 Å². The second-order valence-corrected chi connectivity index (χ2v) is 7.28. The molecule has 6 nitrogen and oxygen atoms in total. The van der Waals surface area contributed by atoms with Gasteiger partial charge in [0.05, 0.1) is 18.6 Å². The van der Waals surface area contributed by atoms with E-state index < -0.39 is 0 Å². The van der Waals surface area contributed by atoms with E-state index >= 15 is 0 Å². The van der Waals surface area contributed by atoms with Gasteiger partial charge in [-0.2, -0.15) is 0 Å². The van der Waals surface area contributed by atoms with Crippen LogP contribution in [0.15, 0.2) is 24.3 Å². The number of esters is 1. The normalized spacial score (nSPS) is 22.5. The summed E-state index contributed by atoms with van der Waals surface area (Å²) in [5, 5.41) is 0. The van der Waals surface area contributed by atoms with E-state index in [-0.39, 0.29) is 17.8 Å². The van der Waals surface area contributed by atoms with Crippen molar-refractivity contribution in [2.24, 2.45) is 0 Å². The van der Waals surface area contributed by atoms with E-state index in [1.165, 1.54) is 7.11 Å². The van der Waals surface area contributed by atoms with E-state index in [0.29, 0.717) is 5.56 Å².